The lowest BCUT2D eigenvalue weighted by Crippen LogP contribution is -2.60. The largest absolute Gasteiger partial charge is 0.472 e. The molecule has 4 N–H and O–H groups in total. The summed E-state index contributed by atoms with van der Waals surface area (Å²) in [4.78, 5) is 12.0. The summed E-state index contributed by atoms with van der Waals surface area (Å²) in [5, 5.41) is 39.2. The molecule has 9 heteroatoms. The van der Waals surface area contributed by atoms with Crippen LogP contribution in [-0.4, -0.2) is 77.1 Å². The van der Waals surface area contributed by atoms with Crippen LogP contribution in [0.2, 0.25) is 0 Å². The molecule has 0 aromatic carbocycles. The molecule has 26 heavy (non-hydrogen) atoms. The highest BCUT2D eigenvalue weighted by molar-refractivity contribution is 5.89. The summed E-state index contributed by atoms with van der Waals surface area (Å²) in [7, 11) is 1.31. The summed E-state index contributed by atoms with van der Waals surface area (Å²) in [6, 6.07) is 0. The Balaban J connectivity index is 1.77. The fraction of sp³-hybridized carbons (Fsp3) is 0.824. The summed E-state index contributed by atoms with van der Waals surface area (Å²) in [6.07, 6.45) is -4.63. The van der Waals surface area contributed by atoms with Gasteiger partial charge in [-0.15, -0.1) is 0 Å². The number of esters is 1. The molecular weight excluding hydrogens is 348 g/mol. The zero-order chi connectivity index (χ0) is 19.0. The first kappa shape index (κ1) is 19.5. The van der Waals surface area contributed by atoms with E-state index in [1.54, 1.807) is 0 Å². The van der Waals surface area contributed by atoms with Crippen molar-refractivity contribution in [2.24, 2.45) is 17.8 Å². The Morgan fingerprint density at radius 2 is 1.92 bits per heavy atom. The van der Waals surface area contributed by atoms with Crippen LogP contribution in [0, 0.1) is 17.8 Å². The predicted octanol–water partition coefficient (Wildman–Crippen LogP) is -1.12. The molecule has 0 spiro atoms. The molecule has 0 aromatic heterocycles. The van der Waals surface area contributed by atoms with Crippen molar-refractivity contribution in [3.8, 4) is 0 Å². The Morgan fingerprint density at radius 1 is 1.19 bits per heavy atom. The molecule has 1 saturated heterocycles. The second-order valence-corrected chi connectivity index (χ2v) is 7.14. The topological polar surface area (TPSA) is 135 Å². The van der Waals surface area contributed by atoms with Crippen molar-refractivity contribution in [1.29, 1.82) is 0 Å². The van der Waals surface area contributed by atoms with Crippen LogP contribution >= 0.6 is 0 Å². The Kier molecular flexibility index (Phi) is 5.85. The quantitative estimate of drug-likeness (QED) is 0.451. The summed E-state index contributed by atoms with van der Waals surface area (Å²) in [6.45, 7) is 1.49. The molecule has 2 unspecified atom stereocenters. The van der Waals surface area contributed by atoms with Crippen molar-refractivity contribution in [2.75, 3.05) is 13.7 Å². The van der Waals surface area contributed by atoms with E-state index in [9.17, 15) is 25.2 Å². The van der Waals surface area contributed by atoms with E-state index in [-0.39, 0.29) is 17.8 Å². The van der Waals surface area contributed by atoms with Gasteiger partial charge in [-0.1, -0.05) is 6.92 Å². The van der Waals surface area contributed by atoms with Crippen LogP contribution in [0.5, 0.6) is 0 Å². The third-order valence-electron chi connectivity index (χ3n) is 5.64. The van der Waals surface area contributed by atoms with E-state index in [0.29, 0.717) is 5.57 Å². The maximum Gasteiger partial charge on any atom is 0.337 e. The van der Waals surface area contributed by atoms with Gasteiger partial charge in [0, 0.05) is 11.8 Å². The molecule has 0 aromatic rings. The molecule has 1 saturated carbocycles. The number of carbonyl (C=O) groups is 1. The summed E-state index contributed by atoms with van der Waals surface area (Å²) < 4.78 is 21.6. The molecule has 2 aliphatic heterocycles. The van der Waals surface area contributed by atoms with Gasteiger partial charge in [0.15, 0.2) is 6.29 Å². The molecule has 9 nitrogen and oxygen atoms in total. The molecule has 1 aliphatic carbocycles. The van der Waals surface area contributed by atoms with Gasteiger partial charge in [-0.05, 0) is 18.8 Å². The Bertz CT molecular complexity index is 548. The van der Waals surface area contributed by atoms with Crippen molar-refractivity contribution in [3.63, 3.8) is 0 Å². The van der Waals surface area contributed by atoms with Crippen molar-refractivity contribution >= 4 is 5.97 Å². The van der Waals surface area contributed by atoms with Crippen LogP contribution < -0.4 is 0 Å². The first-order valence-electron chi connectivity index (χ1n) is 8.78. The zero-order valence-corrected chi connectivity index (χ0v) is 14.7. The third-order valence-corrected chi connectivity index (χ3v) is 5.64. The summed E-state index contributed by atoms with van der Waals surface area (Å²) in [5.41, 5.74) is 0.454. The van der Waals surface area contributed by atoms with Crippen molar-refractivity contribution < 1.29 is 44.2 Å². The lowest BCUT2D eigenvalue weighted by Gasteiger charge is -2.43. The number of ether oxygens (including phenoxy) is 4. The highest BCUT2D eigenvalue weighted by Gasteiger charge is 2.50. The van der Waals surface area contributed by atoms with E-state index in [1.807, 2.05) is 6.92 Å². The number of carbonyl (C=O) groups excluding carboxylic acids is 1. The second-order valence-electron chi connectivity index (χ2n) is 7.14. The molecule has 2 fully saturated rings. The van der Waals surface area contributed by atoms with Gasteiger partial charge in [0.1, 0.15) is 24.4 Å². The molecule has 0 amide bonds. The Morgan fingerprint density at radius 3 is 2.58 bits per heavy atom. The third kappa shape index (κ3) is 3.35. The second kappa shape index (κ2) is 7.79. The van der Waals surface area contributed by atoms with E-state index < -0.39 is 49.6 Å². The predicted molar refractivity (Wildman–Crippen MR) is 85.2 cm³/mol. The van der Waals surface area contributed by atoms with E-state index in [0.717, 1.165) is 12.8 Å². The van der Waals surface area contributed by atoms with Crippen LogP contribution in [0.25, 0.3) is 0 Å². The minimum atomic E-state index is -1.52. The molecule has 3 rings (SSSR count). The number of aliphatic hydroxyl groups excluding tert-OH is 4. The lowest BCUT2D eigenvalue weighted by molar-refractivity contribution is -0.342. The van der Waals surface area contributed by atoms with Gasteiger partial charge in [0.2, 0.25) is 6.29 Å². The van der Waals surface area contributed by atoms with E-state index >= 15 is 0 Å². The average molecular weight is 374 g/mol. The number of aliphatic hydroxyl groups is 4. The molecular formula is C17H26O9. The zero-order valence-electron chi connectivity index (χ0n) is 14.7. The maximum atomic E-state index is 12.0. The average Bonchev–Trinajstić information content (AvgIpc) is 3.04. The van der Waals surface area contributed by atoms with Gasteiger partial charge in [-0.3, -0.25) is 0 Å². The number of hydrogen-bond acceptors (Lipinski definition) is 9. The smallest absolute Gasteiger partial charge is 0.337 e. The molecule has 9 atom stereocenters. The van der Waals surface area contributed by atoms with Crippen LogP contribution in [0.3, 0.4) is 0 Å². The van der Waals surface area contributed by atoms with Gasteiger partial charge >= 0.3 is 5.97 Å². The standard InChI is InChI=1S/C17H26O9/c1-7-3-4-8-9(15(22)23-2)6-24-16(11(7)8)26-17-14(21)13(20)12(19)10(5-18)25-17/h6-8,10-14,16-21H,3-5H2,1-2H3/t7-,8?,10-,11?,12-,13+,14-,16+,17+/m1/s1. The Labute approximate surface area is 151 Å². The first-order valence-corrected chi connectivity index (χ1v) is 8.78. The van der Waals surface area contributed by atoms with Gasteiger partial charge < -0.3 is 39.4 Å². The Hall–Kier alpha value is -1.23. The van der Waals surface area contributed by atoms with Crippen molar-refractivity contribution in [1.82, 2.24) is 0 Å². The summed E-state index contributed by atoms with van der Waals surface area (Å²) in [5.74, 6) is -0.494. The van der Waals surface area contributed by atoms with Crippen molar-refractivity contribution in [3.05, 3.63) is 11.8 Å². The molecule has 2 heterocycles. The van der Waals surface area contributed by atoms with E-state index in [4.69, 9.17) is 18.9 Å². The van der Waals surface area contributed by atoms with E-state index in [2.05, 4.69) is 0 Å². The van der Waals surface area contributed by atoms with Crippen molar-refractivity contribution in [2.45, 2.75) is 56.8 Å². The fourth-order valence-corrected chi connectivity index (χ4v) is 4.12. The van der Waals surface area contributed by atoms with Crippen LogP contribution in [-0.2, 0) is 23.7 Å². The molecule has 0 bridgehead atoms. The number of methoxy groups -OCH3 is 1. The van der Waals surface area contributed by atoms with Crippen LogP contribution in [0.15, 0.2) is 11.8 Å². The lowest BCUT2D eigenvalue weighted by atomic mass is 9.83. The van der Waals surface area contributed by atoms with Gasteiger partial charge in [-0.2, -0.15) is 0 Å². The number of hydrogen-bond donors (Lipinski definition) is 4. The van der Waals surface area contributed by atoms with Gasteiger partial charge in [0.25, 0.3) is 0 Å². The number of rotatable bonds is 4. The normalized spacial score (nSPS) is 45.5. The van der Waals surface area contributed by atoms with Gasteiger partial charge in [-0.25, -0.2) is 4.79 Å². The first-order chi connectivity index (χ1) is 12.4. The van der Waals surface area contributed by atoms with E-state index in [1.165, 1.54) is 13.4 Å². The SMILES string of the molecule is COC(=O)C1=CO[C@@H](O[C@@H]2O[C@H](CO)[C@@H](O)[C@H](O)[C@H]2O)C2C1CC[C@H]2C. The summed E-state index contributed by atoms with van der Waals surface area (Å²) >= 11 is 0. The highest BCUT2D eigenvalue weighted by atomic mass is 16.8. The maximum absolute atomic E-state index is 12.0. The molecule has 148 valence electrons. The molecule has 3 aliphatic rings. The monoisotopic (exact) mass is 374 g/mol. The highest BCUT2D eigenvalue weighted by Crippen LogP contribution is 2.47. The fourth-order valence-electron chi connectivity index (χ4n) is 4.12. The van der Waals surface area contributed by atoms with Crippen LogP contribution in [0.1, 0.15) is 19.8 Å². The number of fused-ring (bicyclic) bond motifs is 1. The minimum absolute atomic E-state index is 0.0962. The molecule has 0 radical (unpaired) electrons. The van der Waals surface area contributed by atoms with Crippen LogP contribution in [0.4, 0.5) is 0 Å². The van der Waals surface area contributed by atoms with Gasteiger partial charge in [0.05, 0.1) is 25.6 Å². The minimum Gasteiger partial charge on any atom is -0.472 e.